The number of amides is 1. The number of carbonyl (C=O) groups excluding carboxylic acids is 1. The largest absolute Gasteiger partial charge is 0.355 e. The highest BCUT2D eigenvalue weighted by atomic mass is 32.2. The third-order valence-electron chi connectivity index (χ3n) is 4.82. The van der Waals surface area contributed by atoms with Gasteiger partial charge in [-0.1, -0.05) is 59.8 Å². The van der Waals surface area contributed by atoms with Gasteiger partial charge in [-0.15, -0.1) is 0 Å². The molecule has 0 bridgehead atoms. The molecule has 2 aromatic carbocycles. The number of nitrogens with one attached hydrogen (secondary N) is 2. The van der Waals surface area contributed by atoms with Crippen molar-refractivity contribution in [2.45, 2.75) is 25.5 Å². The van der Waals surface area contributed by atoms with Crippen molar-refractivity contribution in [1.29, 1.82) is 0 Å². The van der Waals surface area contributed by atoms with E-state index in [1.54, 1.807) is 4.57 Å². The normalized spacial score (nSPS) is 11.0. The molecule has 0 fully saturated rings. The average molecular weight is 419 g/mol. The lowest BCUT2D eigenvalue weighted by molar-refractivity contribution is -0.113. The van der Waals surface area contributed by atoms with Crippen LogP contribution in [-0.2, 0) is 11.3 Å². The SMILES string of the molecule is CCn1c(SCC(=O)Nc2ccc(C)cc2)nc2c(-c3ccccc3)c[nH]c2c1=O. The molecular weight excluding hydrogens is 396 g/mol. The lowest BCUT2D eigenvalue weighted by Gasteiger charge is -2.11. The predicted octanol–water partition coefficient (Wildman–Crippen LogP) is 4.45. The van der Waals surface area contributed by atoms with Gasteiger partial charge in [0.15, 0.2) is 5.16 Å². The number of rotatable bonds is 6. The fourth-order valence-corrected chi connectivity index (χ4v) is 4.12. The summed E-state index contributed by atoms with van der Waals surface area (Å²) >= 11 is 1.26. The van der Waals surface area contributed by atoms with Crippen LogP contribution in [0.2, 0.25) is 0 Å². The highest BCUT2D eigenvalue weighted by Gasteiger charge is 2.17. The van der Waals surface area contributed by atoms with Crippen molar-refractivity contribution >= 4 is 34.4 Å². The van der Waals surface area contributed by atoms with Gasteiger partial charge >= 0.3 is 0 Å². The molecular formula is C23H22N4O2S. The van der Waals surface area contributed by atoms with Gasteiger partial charge in [-0.05, 0) is 31.5 Å². The first-order chi connectivity index (χ1) is 14.6. The van der Waals surface area contributed by atoms with Crippen molar-refractivity contribution in [3.8, 4) is 11.1 Å². The topological polar surface area (TPSA) is 79.8 Å². The maximum absolute atomic E-state index is 13.0. The van der Waals surface area contributed by atoms with Crippen LogP contribution in [0, 0.1) is 6.92 Å². The molecule has 6 nitrogen and oxygen atoms in total. The first-order valence-electron chi connectivity index (χ1n) is 9.73. The second-order valence-electron chi connectivity index (χ2n) is 6.94. The number of aromatic nitrogens is 3. The Morgan fingerprint density at radius 2 is 1.87 bits per heavy atom. The highest BCUT2D eigenvalue weighted by Crippen LogP contribution is 2.27. The van der Waals surface area contributed by atoms with Crippen LogP contribution in [0.5, 0.6) is 0 Å². The summed E-state index contributed by atoms with van der Waals surface area (Å²) in [6, 6.07) is 17.5. The summed E-state index contributed by atoms with van der Waals surface area (Å²) in [4.78, 5) is 33.2. The molecule has 0 saturated carbocycles. The minimum absolute atomic E-state index is 0.133. The second-order valence-corrected chi connectivity index (χ2v) is 7.88. The molecule has 0 aliphatic carbocycles. The highest BCUT2D eigenvalue weighted by molar-refractivity contribution is 7.99. The van der Waals surface area contributed by atoms with Gasteiger partial charge in [-0.25, -0.2) is 4.98 Å². The van der Waals surface area contributed by atoms with Crippen LogP contribution >= 0.6 is 11.8 Å². The number of aromatic amines is 1. The van der Waals surface area contributed by atoms with Gasteiger partial charge in [0.05, 0.1) is 5.75 Å². The number of aryl methyl sites for hydroxylation is 1. The molecule has 0 saturated heterocycles. The number of H-pyrrole nitrogens is 1. The fourth-order valence-electron chi connectivity index (χ4n) is 3.26. The van der Waals surface area contributed by atoms with Crippen LogP contribution in [0.25, 0.3) is 22.2 Å². The smallest absolute Gasteiger partial charge is 0.278 e. The van der Waals surface area contributed by atoms with E-state index in [4.69, 9.17) is 4.98 Å². The summed E-state index contributed by atoms with van der Waals surface area (Å²) in [6.07, 6.45) is 1.81. The van der Waals surface area contributed by atoms with Crippen molar-refractivity contribution in [3.63, 3.8) is 0 Å². The molecule has 2 heterocycles. The lowest BCUT2D eigenvalue weighted by Crippen LogP contribution is -2.23. The first-order valence-corrected chi connectivity index (χ1v) is 10.7. The maximum Gasteiger partial charge on any atom is 0.278 e. The number of fused-ring (bicyclic) bond motifs is 1. The number of thioether (sulfide) groups is 1. The van der Waals surface area contributed by atoms with E-state index in [-0.39, 0.29) is 17.2 Å². The third kappa shape index (κ3) is 4.02. The summed E-state index contributed by atoms with van der Waals surface area (Å²) in [5, 5.41) is 3.41. The van der Waals surface area contributed by atoms with E-state index in [0.29, 0.717) is 22.7 Å². The predicted molar refractivity (Wildman–Crippen MR) is 122 cm³/mol. The Morgan fingerprint density at radius 3 is 2.57 bits per heavy atom. The molecule has 0 spiro atoms. The monoisotopic (exact) mass is 418 g/mol. The van der Waals surface area contributed by atoms with Crippen LogP contribution in [0.4, 0.5) is 5.69 Å². The van der Waals surface area contributed by atoms with Gasteiger partial charge in [0.1, 0.15) is 11.0 Å². The summed E-state index contributed by atoms with van der Waals surface area (Å²) < 4.78 is 1.59. The molecule has 30 heavy (non-hydrogen) atoms. The lowest BCUT2D eigenvalue weighted by atomic mass is 10.1. The number of anilines is 1. The van der Waals surface area contributed by atoms with Crippen LogP contribution in [0.15, 0.2) is 70.7 Å². The number of nitrogens with zero attached hydrogens (tertiary/aromatic N) is 2. The summed E-state index contributed by atoms with van der Waals surface area (Å²) in [7, 11) is 0. The molecule has 0 aliphatic rings. The van der Waals surface area contributed by atoms with E-state index in [1.807, 2.05) is 74.6 Å². The van der Waals surface area contributed by atoms with Gasteiger partial charge in [0.2, 0.25) is 5.91 Å². The molecule has 0 unspecified atom stereocenters. The second kappa shape index (κ2) is 8.59. The Hall–Kier alpha value is -3.32. The quantitative estimate of drug-likeness (QED) is 0.358. The van der Waals surface area contributed by atoms with Gasteiger partial charge in [0.25, 0.3) is 5.56 Å². The van der Waals surface area contributed by atoms with Crippen molar-refractivity contribution < 1.29 is 4.79 Å². The van der Waals surface area contributed by atoms with Crippen LogP contribution < -0.4 is 10.9 Å². The van der Waals surface area contributed by atoms with Crippen molar-refractivity contribution in [2.75, 3.05) is 11.1 Å². The fraction of sp³-hybridized carbons (Fsp3) is 0.174. The molecule has 2 N–H and O–H groups in total. The van der Waals surface area contributed by atoms with Crippen LogP contribution in [0.3, 0.4) is 0 Å². The van der Waals surface area contributed by atoms with E-state index in [1.165, 1.54) is 11.8 Å². The first kappa shape index (κ1) is 20.0. The van der Waals surface area contributed by atoms with E-state index in [0.717, 1.165) is 22.4 Å². The maximum atomic E-state index is 13.0. The zero-order valence-corrected chi connectivity index (χ0v) is 17.6. The molecule has 0 atom stereocenters. The third-order valence-corrected chi connectivity index (χ3v) is 5.80. The average Bonchev–Trinajstić information content (AvgIpc) is 3.19. The molecule has 4 aromatic rings. The minimum Gasteiger partial charge on any atom is -0.355 e. The van der Waals surface area contributed by atoms with Crippen molar-refractivity contribution in [3.05, 3.63) is 76.7 Å². The standard InChI is InChI=1S/C23H22N4O2S/c1-3-27-22(29)21-20(18(13-24-21)16-7-5-4-6-8-16)26-23(27)30-14-19(28)25-17-11-9-15(2)10-12-17/h4-13,24H,3,14H2,1-2H3,(H,25,28). The van der Waals surface area contributed by atoms with E-state index in [9.17, 15) is 9.59 Å². The molecule has 152 valence electrons. The van der Waals surface area contributed by atoms with Gasteiger partial charge in [-0.3, -0.25) is 14.2 Å². The summed E-state index contributed by atoms with van der Waals surface area (Å²) in [6.45, 7) is 4.37. The number of carbonyl (C=O) groups is 1. The number of benzene rings is 2. The Morgan fingerprint density at radius 1 is 1.13 bits per heavy atom. The van der Waals surface area contributed by atoms with Crippen molar-refractivity contribution in [1.82, 2.24) is 14.5 Å². The molecule has 4 rings (SSSR count). The molecule has 0 aliphatic heterocycles. The van der Waals surface area contributed by atoms with Crippen LogP contribution in [0.1, 0.15) is 12.5 Å². The van der Waals surface area contributed by atoms with Gasteiger partial charge < -0.3 is 10.3 Å². The molecule has 0 radical (unpaired) electrons. The zero-order chi connectivity index (χ0) is 21.1. The Bertz CT molecular complexity index is 1240. The van der Waals surface area contributed by atoms with E-state index >= 15 is 0 Å². The number of hydrogen-bond donors (Lipinski definition) is 2. The summed E-state index contributed by atoms with van der Waals surface area (Å²) in [5.41, 5.74) is 4.70. The molecule has 2 aromatic heterocycles. The zero-order valence-electron chi connectivity index (χ0n) is 16.8. The number of hydrogen-bond acceptors (Lipinski definition) is 4. The molecule has 1 amide bonds. The summed E-state index contributed by atoms with van der Waals surface area (Å²) in [5.74, 6) is 0.0231. The Kier molecular flexibility index (Phi) is 5.72. The van der Waals surface area contributed by atoms with Crippen LogP contribution in [-0.4, -0.2) is 26.2 Å². The Balaban J connectivity index is 1.62. The van der Waals surface area contributed by atoms with E-state index in [2.05, 4.69) is 10.3 Å². The van der Waals surface area contributed by atoms with E-state index < -0.39 is 0 Å². The Labute approximate surface area is 178 Å². The van der Waals surface area contributed by atoms with Crippen molar-refractivity contribution in [2.24, 2.45) is 0 Å². The molecule has 7 heteroatoms. The van der Waals surface area contributed by atoms with Gasteiger partial charge in [0, 0.05) is 24.0 Å². The minimum atomic E-state index is -0.141. The van der Waals surface area contributed by atoms with Gasteiger partial charge in [-0.2, -0.15) is 0 Å².